The molecule has 0 heterocycles. The van der Waals surface area contributed by atoms with Crippen LogP contribution in [-0.2, 0) is 16.1 Å². The van der Waals surface area contributed by atoms with E-state index in [9.17, 15) is 4.79 Å². The van der Waals surface area contributed by atoms with Crippen LogP contribution in [-0.4, -0.2) is 19.6 Å². The number of carbonyl (C=O) groups excluding carboxylic acids is 1. The molecule has 76 valence electrons. The van der Waals surface area contributed by atoms with Gasteiger partial charge in [-0.3, -0.25) is 4.79 Å². The van der Waals surface area contributed by atoms with E-state index in [2.05, 4.69) is 0 Å². The first-order valence-electron chi connectivity index (χ1n) is 4.21. The topological polar surface area (TPSA) is 61.6 Å². The summed E-state index contributed by atoms with van der Waals surface area (Å²) in [4.78, 5) is 10.4. The SMILES string of the molecule is COc1ccc(COCC(N)=O)cc1. The van der Waals surface area contributed by atoms with Crippen molar-refractivity contribution in [1.82, 2.24) is 0 Å². The zero-order valence-electron chi connectivity index (χ0n) is 8.03. The van der Waals surface area contributed by atoms with Gasteiger partial charge < -0.3 is 15.2 Å². The van der Waals surface area contributed by atoms with E-state index in [0.29, 0.717) is 6.61 Å². The highest BCUT2D eigenvalue weighted by molar-refractivity contribution is 5.74. The van der Waals surface area contributed by atoms with Gasteiger partial charge >= 0.3 is 0 Å². The molecule has 0 aromatic heterocycles. The minimum atomic E-state index is -0.460. The van der Waals surface area contributed by atoms with Crippen molar-refractivity contribution < 1.29 is 14.3 Å². The van der Waals surface area contributed by atoms with Crippen molar-refractivity contribution in [3.05, 3.63) is 29.8 Å². The Morgan fingerprint density at radius 3 is 2.50 bits per heavy atom. The number of rotatable bonds is 5. The Bertz CT molecular complexity index is 295. The molecule has 14 heavy (non-hydrogen) atoms. The molecule has 0 unspecified atom stereocenters. The molecule has 0 bridgehead atoms. The van der Waals surface area contributed by atoms with Gasteiger partial charge in [-0.1, -0.05) is 12.1 Å². The molecule has 0 saturated heterocycles. The van der Waals surface area contributed by atoms with Crippen LogP contribution in [0.2, 0.25) is 0 Å². The van der Waals surface area contributed by atoms with Crippen molar-refractivity contribution >= 4 is 5.91 Å². The van der Waals surface area contributed by atoms with Gasteiger partial charge in [0, 0.05) is 0 Å². The standard InChI is InChI=1S/C10H13NO3/c1-13-9-4-2-8(3-5-9)6-14-7-10(11)12/h2-5H,6-7H2,1H3,(H2,11,12). The van der Waals surface area contributed by atoms with Crippen molar-refractivity contribution in [2.45, 2.75) is 6.61 Å². The average molecular weight is 195 g/mol. The minimum absolute atomic E-state index is 0.0496. The smallest absolute Gasteiger partial charge is 0.243 e. The third-order valence-corrected chi connectivity index (χ3v) is 1.67. The van der Waals surface area contributed by atoms with Crippen molar-refractivity contribution in [3.8, 4) is 5.75 Å². The quantitative estimate of drug-likeness (QED) is 0.752. The molecule has 4 nitrogen and oxygen atoms in total. The lowest BCUT2D eigenvalue weighted by Crippen LogP contribution is -2.17. The largest absolute Gasteiger partial charge is 0.497 e. The van der Waals surface area contributed by atoms with Crippen LogP contribution in [0.1, 0.15) is 5.56 Å². The number of hydrogen-bond donors (Lipinski definition) is 1. The molecule has 1 rings (SSSR count). The molecule has 0 aliphatic rings. The summed E-state index contributed by atoms with van der Waals surface area (Å²) in [5.41, 5.74) is 5.90. The van der Waals surface area contributed by atoms with Crippen molar-refractivity contribution in [2.75, 3.05) is 13.7 Å². The van der Waals surface area contributed by atoms with Crippen LogP contribution in [0.5, 0.6) is 5.75 Å². The van der Waals surface area contributed by atoms with Crippen LogP contribution in [0.25, 0.3) is 0 Å². The molecule has 0 atom stereocenters. The summed E-state index contributed by atoms with van der Waals surface area (Å²) in [5.74, 6) is 0.335. The van der Waals surface area contributed by atoms with E-state index in [4.69, 9.17) is 15.2 Å². The summed E-state index contributed by atoms with van der Waals surface area (Å²) < 4.78 is 10.0. The first kappa shape index (κ1) is 10.5. The lowest BCUT2D eigenvalue weighted by Gasteiger charge is -2.03. The van der Waals surface area contributed by atoms with Crippen LogP contribution >= 0.6 is 0 Å². The van der Waals surface area contributed by atoms with Gasteiger partial charge in [0.05, 0.1) is 13.7 Å². The second-order valence-electron chi connectivity index (χ2n) is 2.81. The Kier molecular flexibility index (Phi) is 3.94. The molecule has 0 radical (unpaired) electrons. The lowest BCUT2D eigenvalue weighted by molar-refractivity contribution is -0.122. The van der Waals surface area contributed by atoms with E-state index in [0.717, 1.165) is 11.3 Å². The van der Waals surface area contributed by atoms with E-state index < -0.39 is 5.91 Å². The first-order chi connectivity index (χ1) is 6.72. The van der Waals surface area contributed by atoms with Gasteiger partial charge in [-0.25, -0.2) is 0 Å². The molecule has 1 aromatic rings. The number of carbonyl (C=O) groups is 1. The number of ether oxygens (including phenoxy) is 2. The zero-order chi connectivity index (χ0) is 10.4. The number of methoxy groups -OCH3 is 1. The summed E-state index contributed by atoms with van der Waals surface area (Å²) in [7, 11) is 1.61. The molecule has 0 spiro atoms. The molecule has 1 aromatic carbocycles. The van der Waals surface area contributed by atoms with E-state index >= 15 is 0 Å². The normalized spacial score (nSPS) is 9.79. The summed E-state index contributed by atoms with van der Waals surface area (Å²) in [5, 5.41) is 0. The van der Waals surface area contributed by atoms with Gasteiger partial charge in [0.15, 0.2) is 0 Å². The third-order valence-electron chi connectivity index (χ3n) is 1.67. The number of primary amides is 1. The maximum absolute atomic E-state index is 10.4. The molecular formula is C10H13NO3. The predicted molar refractivity (Wildman–Crippen MR) is 51.8 cm³/mol. The zero-order valence-corrected chi connectivity index (χ0v) is 8.03. The molecule has 0 saturated carbocycles. The minimum Gasteiger partial charge on any atom is -0.497 e. The van der Waals surface area contributed by atoms with Crippen molar-refractivity contribution in [1.29, 1.82) is 0 Å². The van der Waals surface area contributed by atoms with Gasteiger partial charge in [0.25, 0.3) is 0 Å². The summed E-state index contributed by atoms with van der Waals surface area (Å²) in [6, 6.07) is 7.42. The number of hydrogen-bond acceptors (Lipinski definition) is 3. The second kappa shape index (κ2) is 5.24. The average Bonchev–Trinajstić information content (AvgIpc) is 2.18. The third kappa shape index (κ3) is 3.45. The maximum atomic E-state index is 10.4. The van der Waals surface area contributed by atoms with Crippen LogP contribution in [0.15, 0.2) is 24.3 Å². The van der Waals surface area contributed by atoms with Gasteiger partial charge in [-0.2, -0.15) is 0 Å². The Hall–Kier alpha value is -1.55. The first-order valence-corrected chi connectivity index (χ1v) is 4.21. The summed E-state index contributed by atoms with van der Waals surface area (Å²) >= 11 is 0. The van der Waals surface area contributed by atoms with Gasteiger partial charge in [0.1, 0.15) is 12.4 Å². The van der Waals surface area contributed by atoms with Crippen LogP contribution < -0.4 is 10.5 Å². The molecule has 0 aliphatic heterocycles. The molecule has 2 N–H and O–H groups in total. The van der Waals surface area contributed by atoms with Crippen molar-refractivity contribution in [2.24, 2.45) is 5.73 Å². The van der Waals surface area contributed by atoms with Crippen LogP contribution in [0, 0.1) is 0 Å². The fourth-order valence-corrected chi connectivity index (χ4v) is 0.991. The van der Waals surface area contributed by atoms with E-state index in [-0.39, 0.29) is 6.61 Å². The fourth-order valence-electron chi connectivity index (χ4n) is 0.991. The Balaban J connectivity index is 2.40. The van der Waals surface area contributed by atoms with E-state index in [1.165, 1.54) is 0 Å². The highest BCUT2D eigenvalue weighted by Gasteiger charge is 1.96. The number of benzene rings is 1. The molecule has 4 heteroatoms. The fraction of sp³-hybridized carbons (Fsp3) is 0.300. The van der Waals surface area contributed by atoms with Crippen LogP contribution in [0.3, 0.4) is 0 Å². The Labute approximate surface area is 82.6 Å². The second-order valence-corrected chi connectivity index (χ2v) is 2.81. The van der Waals surface area contributed by atoms with Gasteiger partial charge in [-0.15, -0.1) is 0 Å². The van der Waals surface area contributed by atoms with Crippen LogP contribution in [0.4, 0.5) is 0 Å². The van der Waals surface area contributed by atoms with Gasteiger partial charge in [-0.05, 0) is 17.7 Å². The predicted octanol–water partition coefficient (Wildman–Crippen LogP) is 0.697. The maximum Gasteiger partial charge on any atom is 0.243 e. The lowest BCUT2D eigenvalue weighted by atomic mass is 10.2. The highest BCUT2D eigenvalue weighted by Crippen LogP contribution is 2.11. The Morgan fingerprint density at radius 1 is 1.36 bits per heavy atom. The van der Waals surface area contributed by atoms with E-state index in [1.54, 1.807) is 7.11 Å². The summed E-state index contributed by atoms with van der Waals surface area (Å²) in [6.45, 7) is 0.332. The Morgan fingerprint density at radius 2 is 2.00 bits per heavy atom. The monoisotopic (exact) mass is 195 g/mol. The highest BCUT2D eigenvalue weighted by atomic mass is 16.5. The van der Waals surface area contributed by atoms with E-state index in [1.807, 2.05) is 24.3 Å². The van der Waals surface area contributed by atoms with Gasteiger partial charge in [0.2, 0.25) is 5.91 Å². The molecule has 0 aliphatic carbocycles. The molecule has 0 fully saturated rings. The molecule has 1 amide bonds. The molecular weight excluding hydrogens is 182 g/mol. The number of nitrogens with two attached hydrogens (primary N) is 1. The van der Waals surface area contributed by atoms with Crippen molar-refractivity contribution in [3.63, 3.8) is 0 Å². The summed E-state index contributed by atoms with van der Waals surface area (Å²) in [6.07, 6.45) is 0. The number of amides is 1.